The van der Waals surface area contributed by atoms with Crippen molar-refractivity contribution in [2.45, 2.75) is 19.4 Å². The number of rotatable bonds is 6. The molecule has 0 radical (unpaired) electrons. The SMILES string of the molecule is COCCC(=O)Nc1ccc2c(c1)CN(C(=O)C(F)=Cc1ccccc1)CC2. The fourth-order valence-corrected chi connectivity index (χ4v) is 3.13. The Morgan fingerprint density at radius 2 is 1.96 bits per heavy atom. The normalized spacial score (nSPS) is 13.8. The van der Waals surface area contributed by atoms with Gasteiger partial charge in [0.25, 0.3) is 5.91 Å². The van der Waals surface area contributed by atoms with Gasteiger partial charge in [-0.3, -0.25) is 9.59 Å². The van der Waals surface area contributed by atoms with Crippen molar-refractivity contribution in [1.82, 2.24) is 4.90 Å². The van der Waals surface area contributed by atoms with Crippen LogP contribution in [0.25, 0.3) is 6.08 Å². The van der Waals surface area contributed by atoms with Crippen LogP contribution < -0.4 is 5.32 Å². The zero-order valence-corrected chi connectivity index (χ0v) is 15.8. The number of ether oxygens (including phenoxy) is 1. The summed E-state index contributed by atoms with van der Waals surface area (Å²) in [6.07, 6.45) is 2.18. The maximum absolute atomic E-state index is 14.4. The van der Waals surface area contributed by atoms with Gasteiger partial charge < -0.3 is 15.0 Å². The summed E-state index contributed by atoms with van der Waals surface area (Å²) in [4.78, 5) is 25.8. The molecule has 3 rings (SSSR count). The highest BCUT2D eigenvalue weighted by molar-refractivity contribution is 5.95. The lowest BCUT2D eigenvalue weighted by molar-refractivity contribution is -0.129. The van der Waals surface area contributed by atoms with Gasteiger partial charge in [-0.25, -0.2) is 4.39 Å². The topological polar surface area (TPSA) is 58.6 Å². The number of hydrogen-bond acceptors (Lipinski definition) is 3. The quantitative estimate of drug-likeness (QED) is 0.778. The predicted octanol–water partition coefficient (Wildman–Crippen LogP) is 3.56. The zero-order valence-electron chi connectivity index (χ0n) is 15.8. The van der Waals surface area contributed by atoms with Gasteiger partial charge in [-0.1, -0.05) is 36.4 Å². The monoisotopic (exact) mass is 382 g/mol. The first-order chi connectivity index (χ1) is 13.6. The molecule has 5 nitrogen and oxygen atoms in total. The number of amides is 2. The van der Waals surface area contributed by atoms with Crippen molar-refractivity contribution in [2.75, 3.05) is 25.6 Å². The number of anilines is 1. The fourth-order valence-electron chi connectivity index (χ4n) is 3.13. The molecule has 0 bridgehead atoms. The lowest BCUT2D eigenvalue weighted by Gasteiger charge is -2.28. The summed E-state index contributed by atoms with van der Waals surface area (Å²) in [5, 5.41) is 2.82. The van der Waals surface area contributed by atoms with E-state index in [4.69, 9.17) is 4.74 Å². The highest BCUT2D eigenvalue weighted by Crippen LogP contribution is 2.24. The summed E-state index contributed by atoms with van der Waals surface area (Å²) in [7, 11) is 1.54. The standard InChI is InChI=1S/C22H23FN2O3/c1-28-12-10-21(26)24-19-8-7-17-9-11-25(15-18(17)14-19)22(27)20(23)13-16-5-3-2-4-6-16/h2-8,13-14H,9-12,15H2,1H3,(H,24,26). The van der Waals surface area contributed by atoms with Crippen LogP contribution in [0.2, 0.25) is 0 Å². The Morgan fingerprint density at radius 1 is 1.18 bits per heavy atom. The van der Waals surface area contributed by atoms with Gasteiger partial charge in [0.2, 0.25) is 5.91 Å². The van der Waals surface area contributed by atoms with Crippen LogP contribution in [0.5, 0.6) is 0 Å². The van der Waals surface area contributed by atoms with Crippen molar-refractivity contribution in [1.29, 1.82) is 0 Å². The van der Waals surface area contributed by atoms with Crippen LogP contribution in [-0.4, -0.2) is 37.0 Å². The van der Waals surface area contributed by atoms with Crippen molar-refractivity contribution in [3.05, 3.63) is 71.0 Å². The van der Waals surface area contributed by atoms with E-state index in [9.17, 15) is 14.0 Å². The molecular weight excluding hydrogens is 359 g/mol. The van der Waals surface area contributed by atoms with Gasteiger partial charge in [-0.15, -0.1) is 0 Å². The average molecular weight is 382 g/mol. The third-order valence-electron chi connectivity index (χ3n) is 4.62. The summed E-state index contributed by atoms with van der Waals surface area (Å²) in [6.45, 7) is 1.12. The van der Waals surface area contributed by atoms with Crippen LogP contribution in [0.1, 0.15) is 23.1 Å². The summed E-state index contributed by atoms with van der Waals surface area (Å²) in [5.74, 6) is -1.54. The van der Waals surface area contributed by atoms with E-state index in [-0.39, 0.29) is 12.3 Å². The van der Waals surface area contributed by atoms with E-state index in [1.54, 1.807) is 31.4 Å². The molecule has 28 heavy (non-hydrogen) atoms. The van der Waals surface area contributed by atoms with Gasteiger partial charge in [0.05, 0.1) is 13.0 Å². The van der Waals surface area contributed by atoms with E-state index in [2.05, 4.69) is 5.32 Å². The van der Waals surface area contributed by atoms with Crippen LogP contribution in [-0.2, 0) is 27.3 Å². The minimum Gasteiger partial charge on any atom is -0.384 e. The predicted molar refractivity (Wildman–Crippen MR) is 106 cm³/mol. The summed E-state index contributed by atoms with van der Waals surface area (Å²) in [6, 6.07) is 14.6. The molecule has 2 aromatic rings. The molecule has 1 aliphatic heterocycles. The van der Waals surface area contributed by atoms with E-state index >= 15 is 0 Å². The van der Waals surface area contributed by atoms with Crippen molar-refractivity contribution >= 4 is 23.6 Å². The lowest BCUT2D eigenvalue weighted by atomic mass is 9.98. The number of nitrogens with zero attached hydrogens (tertiary/aromatic N) is 1. The Bertz CT molecular complexity index is 881. The van der Waals surface area contributed by atoms with Gasteiger partial charge in [-0.2, -0.15) is 0 Å². The first-order valence-electron chi connectivity index (χ1n) is 9.19. The van der Waals surface area contributed by atoms with Crippen molar-refractivity contribution < 1.29 is 18.7 Å². The third kappa shape index (κ3) is 5.04. The van der Waals surface area contributed by atoms with Crippen molar-refractivity contribution in [3.63, 3.8) is 0 Å². The number of benzene rings is 2. The maximum atomic E-state index is 14.4. The van der Waals surface area contributed by atoms with E-state index in [1.165, 1.54) is 11.0 Å². The third-order valence-corrected chi connectivity index (χ3v) is 4.62. The number of hydrogen-bond donors (Lipinski definition) is 1. The van der Waals surface area contributed by atoms with Gasteiger partial charge in [-0.05, 0) is 41.3 Å². The molecular formula is C22H23FN2O3. The summed E-state index contributed by atoms with van der Waals surface area (Å²) >= 11 is 0. The van der Waals surface area contributed by atoms with Crippen LogP contribution in [0.4, 0.5) is 10.1 Å². The second-order valence-electron chi connectivity index (χ2n) is 6.65. The number of halogens is 1. The minimum atomic E-state index is -0.779. The first kappa shape index (κ1) is 19.8. The van der Waals surface area contributed by atoms with Crippen LogP contribution in [0, 0.1) is 0 Å². The van der Waals surface area contributed by atoms with Crippen molar-refractivity contribution in [3.8, 4) is 0 Å². The van der Waals surface area contributed by atoms with E-state index < -0.39 is 11.7 Å². The summed E-state index contributed by atoms with van der Waals surface area (Å²) in [5.41, 5.74) is 3.32. The lowest BCUT2D eigenvalue weighted by Crippen LogP contribution is -2.36. The second kappa shape index (κ2) is 9.28. The number of carbonyl (C=O) groups excluding carboxylic acids is 2. The number of carbonyl (C=O) groups is 2. The molecule has 0 unspecified atom stereocenters. The molecule has 146 valence electrons. The van der Waals surface area contributed by atoms with E-state index in [0.29, 0.717) is 37.4 Å². The molecule has 0 saturated carbocycles. The highest BCUT2D eigenvalue weighted by atomic mass is 19.1. The molecule has 0 fully saturated rings. The number of fused-ring (bicyclic) bond motifs is 1. The number of nitrogens with one attached hydrogen (secondary N) is 1. The Morgan fingerprint density at radius 3 is 2.71 bits per heavy atom. The zero-order chi connectivity index (χ0) is 19.9. The average Bonchev–Trinajstić information content (AvgIpc) is 2.72. The molecule has 0 saturated heterocycles. The smallest absolute Gasteiger partial charge is 0.282 e. The Kier molecular flexibility index (Phi) is 6.55. The molecule has 2 aromatic carbocycles. The Hall–Kier alpha value is -2.99. The Balaban J connectivity index is 1.69. The van der Waals surface area contributed by atoms with Gasteiger partial charge in [0.15, 0.2) is 5.83 Å². The molecule has 1 aliphatic rings. The summed E-state index contributed by atoms with van der Waals surface area (Å²) < 4.78 is 19.3. The minimum absolute atomic E-state index is 0.137. The van der Waals surface area contributed by atoms with Gasteiger partial charge in [0.1, 0.15) is 0 Å². The molecule has 6 heteroatoms. The fraction of sp³-hybridized carbons (Fsp3) is 0.273. The maximum Gasteiger partial charge on any atom is 0.282 e. The number of methoxy groups -OCH3 is 1. The van der Waals surface area contributed by atoms with Gasteiger partial charge >= 0.3 is 0 Å². The largest absolute Gasteiger partial charge is 0.384 e. The van der Waals surface area contributed by atoms with Crippen LogP contribution >= 0.6 is 0 Å². The molecule has 1 heterocycles. The second-order valence-corrected chi connectivity index (χ2v) is 6.65. The van der Waals surface area contributed by atoms with E-state index in [1.807, 2.05) is 24.3 Å². The van der Waals surface area contributed by atoms with Gasteiger partial charge in [0, 0.05) is 25.9 Å². The molecule has 0 aliphatic carbocycles. The van der Waals surface area contributed by atoms with Crippen LogP contribution in [0.3, 0.4) is 0 Å². The van der Waals surface area contributed by atoms with Crippen LogP contribution in [0.15, 0.2) is 54.4 Å². The highest BCUT2D eigenvalue weighted by Gasteiger charge is 2.24. The molecule has 1 N–H and O–H groups in total. The van der Waals surface area contributed by atoms with E-state index in [0.717, 1.165) is 11.1 Å². The first-order valence-corrected chi connectivity index (χ1v) is 9.19. The van der Waals surface area contributed by atoms with Crippen molar-refractivity contribution in [2.24, 2.45) is 0 Å². The molecule has 0 atom stereocenters. The molecule has 0 spiro atoms. The Labute approximate surface area is 163 Å². The molecule has 2 amide bonds. The molecule has 0 aromatic heterocycles.